The molecule has 0 radical (unpaired) electrons. The van der Waals surface area contributed by atoms with Crippen LogP contribution in [0, 0.1) is 0 Å². The van der Waals surface area contributed by atoms with Gasteiger partial charge in [0.2, 0.25) is 0 Å². The Morgan fingerprint density at radius 2 is 2.12 bits per heavy atom. The molecule has 0 unspecified atom stereocenters. The average molecular weight is 359 g/mol. The molecule has 7 nitrogen and oxygen atoms in total. The number of halogens is 1. The quantitative estimate of drug-likeness (QED) is 0.887. The molecule has 1 aromatic heterocycles. The van der Waals surface area contributed by atoms with Crippen LogP contribution in [0.5, 0.6) is 0 Å². The number of alkyl halides is 1. The van der Waals surface area contributed by atoms with Gasteiger partial charge in [-0.1, -0.05) is 6.07 Å². The lowest BCUT2D eigenvalue weighted by Crippen LogP contribution is -2.54. The largest absolute Gasteiger partial charge is 0.444 e. The summed E-state index contributed by atoms with van der Waals surface area (Å²) in [5, 5.41) is 2.35. The first-order valence-corrected chi connectivity index (χ1v) is 9.08. The number of rotatable bonds is 3. The molecule has 0 aliphatic carbocycles. The zero-order valence-electron chi connectivity index (χ0n) is 13.9. The number of amides is 1. The maximum atomic E-state index is 14.3. The zero-order valence-corrected chi connectivity index (χ0v) is 14.7. The van der Waals surface area contributed by atoms with Gasteiger partial charge in [-0.2, -0.15) is 4.31 Å². The molecular weight excluding hydrogens is 337 g/mol. The van der Waals surface area contributed by atoms with Crippen molar-refractivity contribution in [1.82, 2.24) is 14.6 Å². The van der Waals surface area contributed by atoms with Crippen molar-refractivity contribution >= 4 is 16.1 Å². The third-order valence-corrected chi connectivity index (χ3v) is 5.23. The standard InChI is InChI=1S/C15H22FN3O4S/c1-15(2,3)23-14(20)18-12-7-9-19(10-11(12)16)24(21,22)13-6-4-5-8-17-13/h4-6,8,11-12H,7,9-10H2,1-3H3,(H,18,20)/t11-,12+/m0/s1. The van der Waals surface area contributed by atoms with E-state index >= 15 is 0 Å². The second-order valence-electron chi connectivity index (χ2n) is 6.59. The normalized spacial score (nSPS) is 22.8. The number of alkyl carbamates (subject to hydrolysis) is 1. The minimum absolute atomic E-state index is 0.0970. The summed E-state index contributed by atoms with van der Waals surface area (Å²) in [6, 6.07) is 3.75. The second-order valence-corrected chi connectivity index (χ2v) is 8.47. The molecule has 1 aliphatic rings. The minimum Gasteiger partial charge on any atom is -0.444 e. The maximum Gasteiger partial charge on any atom is 0.407 e. The van der Waals surface area contributed by atoms with Crippen LogP contribution in [0.4, 0.5) is 9.18 Å². The molecule has 24 heavy (non-hydrogen) atoms. The van der Waals surface area contributed by atoms with Gasteiger partial charge in [-0.3, -0.25) is 0 Å². The predicted molar refractivity (Wildman–Crippen MR) is 85.7 cm³/mol. The Kier molecular flexibility index (Phi) is 5.44. The number of ether oxygens (including phenoxy) is 1. The van der Waals surface area contributed by atoms with Gasteiger partial charge in [-0.15, -0.1) is 0 Å². The number of nitrogens with one attached hydrogen (secondary N) is 1. The van der Waals surface area contributed by atoms with Crippen molar-refractivity contribution in [2.45, 2.75) is 50.0 Å². The first-order chi connectivity index (χ1) is 11.1. The van der Waals surface area contributed by atoms with Crippen molar-refractivity contribution < 1.29 is 22.3 Å². The Morgan fingerprint density at radius 3 is 2.67 bits per heavy atom. The molecule has 1 amide bonds. The van der Waals surface area contributed by atoms with Crippen molar-refractivity contribution in [3.05, 3.63) is 24.4 Å². The maximum absolute atomic E-state index is 14.3. The van der Waals surface area contributed by atoms with Gasteiger partial charge in [0.05, 0.1) is 6.04 Å². The smallest absolute Gasteiger partial charge is 0.407 e. The SMILES string of the molecule is CC(C)(C)OC(=O)N[C@@H]1CCN(S(=O)(=O)c2ccccn2)C[C@@H]1F. The summed E-state index contributed by atoms with van der Waals surface area (Å²) < 4.78 is 45.4. The van der Waals surface area contributed by atoms with E-state index < -0.39 is 33.9 Å². The lowest BCUT2D eigenvalue weighted by molar-refractivity contribution is 0.0438. The minimum atomic E-state index is -3.84. The number of carbonyl (C=O) groups is 1. The molecular formula is C15H22FN3O4S. The van der Waals surface area contributed by atoms with E-state index in [0.717, 1.165) is 4.31 Å². The van der Waals surface area contributed by atoms with Crippen LogP contribution in [0.25, 0.3) is 0 Å². The summed E-state index contributed by atoms with van der Waals surface area (Å²) in [6.07, 6.45) is -0.704. The number of carbonyl (C=O) groups excluding carboxylic acids is 1. The first-order valence-electron chi connectivity index (χ1n) is 7.64. The van der Waals surface area contributed by atoms with Crippen LogP contribution in [0.1, 0.15) is 27.2 Å². The average Bonchev–Trinajstić information content (AvgIpc) is 2.48. The van der Waals surface area contributed by atoms with E-state index in [-0.39, 0.29) is 24.5 Å². The number of aromatic nitrogens is 1. The number of hydrogen-bond donors (Lipinski definition) is 1. The van der Waals surface area contributed by atoms with Gasteiger partial charge in [0.15, 0.2) is 5.03 Å². The van der Waals surface area contributed by atoms with Gasteiger partial charge in [-0.05, 0) is 39.3 Å². The number of pyridine rings is 1. The number of sulfonamides is 1. The molecule has 2 rings (SSSR count). The van der Waals surface area contributed by atoms with Gasteiger partial charge < -0.3 is 10.1 Å². The molecule has 1 N–H and O–H groups in total. The van der Waals surface area contributed by atoms with Crippen molar-refractivity contribution in [3.8, 4) is 0 Å². The van der Waals surface area contributed by atoms with Gasteiger partial charge in [0.25, 0.3) is 10.0 Å². The van der Waals surface area contributed by atoms with Crippen LogP contribution in [-0.2, 0) is 14.8 Å². The third kappa shape index (κ3) is 4.64. The highest BCUT2D eigenvalue weighted by Gasteiger charge is 2.37. The highest BCUT2D eigenvalue weighted by atomic mass is 32.2. The summed E-state index contributed by atoms with van der Waals surface area (Å²) in [5.41, 5.74) is -0.682. The summed E-state index contributed by atoms with van der Waals surface area (Å²) in [6.45, 7) is 4.89. The Labute approximate surface area is 141 Å². The number of nitrogens with zero attached hydrogens (tertiary/aromatic N) is 2. The Hall–Kier alpha value is -1.74. The van der Waals surface area contributed by atoms with Crippen molar-refractivity contribution in [2.75, 3.05) is 13.1 Å². The molecule has 0 bridgehead atoms. The molecule has 2 atom stereocenters. The molecule has 0 spiro atoms. The van der Waals surface area contributed by atoms with Gasteiger partial charge in [-0.25, -0.2) is 22.6 Å². The monoisotopic (exact) mass is 359 g/mol. The molecule has 134 valence electrons. The highest BCUT2D eigenvalue weighted by Crippen LogP contribution is 2.21. The first kappa shape index (κ1) is 18.6. The van der Waals surface area contributed by atoms with Crippen molar-refractivity contribution in [3.63, 3.8) is 0 Å². The highest BCUT2D eigenvalue weighted by molar-refractivity contribution is 7.89. The fourth-order valence-electron chi connectivity index (χ4n) is 2.35. The van der Waals surface area contributed by atoms with Crippen molar-refractivity contribution in [2.24, 2.45) is 0 Å². The van der Waals surface area contributed by atoms with Gasteiger partial charge in [0, 0.05) is 19.3 Å². The van der Waals surface area contributed by atoms with E-state index in [1.807, 2.05) is 0 Å². The fraction of sp³-hybridized carbons (Fsp3) is 0.600. The third-order valence-electron chi connectivity index (χ3n) is 3.45. The molecule has 0 saturated carbocycles. The fourth-order valence-corrected chi connectivity index (χ4v) is 3.74. The predicted octanol–water partition coefficient (Wildman–Crippen LogP) is 1.71. The molecule has 0 aromatic carbocycles. The van der Waals surface area contributed by atoms with E-state index in [4.69, 9.17) is 4.74 Å². The summed E-state index contributed by atoms with van der Waals surface area (Å²) in [7, 11) is -3.84. The van der Waals surface area contributed by atoms with E-state index in [0.29, 0.717) is 0 Å². The van der Waals surface area contributed by atoms with E-state index in [1.54, 1.807) is 32.9 Å². The second kappa shape index (κ2) is 7.02. The van der Waals surface area contributed by atoms with Gasteiger partial charge >= 0.3 is 6.09 Å². The Balaban J connectivity index is 1.99. The molecule has 9 heteroatoms. The van der Waals surface area contributed by atoms with Crippen LogP contribution in [0.3, 0.4) is 0 Å². The summed E-state index contributed by atoms with van der Waals surface area (Å²) >= 11 is 0. The summed E-state index contributed by atoms with van der Waals surface area (Å²) in [4.78, 5) is 15.5. The number of piperidine rings is 1. The lowest BCUT2D eigenvalue weighted by Gasteiger charge is -2.34. The summed E-state index contributed by atoms with van der Waals surface area (Å²) in [5.74, 6) is 0. The Morgan fingerprint density at radius 1 is 1.42 bits per heavy atom. The molecule has 2 heterocycles. The van der Waals surface area contributed by atoms with Crippen molar-refractivity contribution in [1.29, 1.82) is 0 Å². The zero-order chi connectivity index (χ0) is 18.0. The van der Waals surface area contributed by atoms with Gasteiger partial charge in [0.1, 0.15) is 11.8 Å². The molecule has 1 fully saturated rings. The van der Waals surface area contributed by atoms with Crippen LogP contribution in [0.15, 0.2) is 29.4 Å². The lowest BCUT2D eigenvalue weighted by atomic mass is 10.1. The van der Waals surface area contributed by atoms with Crippen LogP contribution < -0.4 is 5.32 Å². The van der Waals surface area contributed by atoms with E-state index in [2.05, 4.69) is 10.3 Å². The molecule has 1 aromatic rings. The Bertz CT molecular complexity index is 676. The van der Waals surface area contributed by atoms with Crippen LogP contribution >= 0.6 is 0 Å². The number of hydrogen-bond acceptors (Lipinski definition) is 5. The van der Waals surface area contributed by atoms with Crippen LogP contribution in [-0.4, -0.2) is 54.7 Å². The molecule has 1 aliphatic heterocycles. The van der Waals surface area contributed by atoms with E-state index in [9.17, 15) is 17.6 Å². The molecule has 1 saturated heterocycles. The van der Waals surface area contributed by atoms with Crippen LogP contribution in [0.2, 0.25) is 0 Å². The topological polar surface area (TPSA) is 88.6 Å². The van der Waals surface area contributed by atoms with E-state index in [1.165, 1.54) is 12.3 Å².